The third-order valence-corrected chi connectivity index (χ3v) is 8.25. The van der Waals surface area contributed by atoms with Gasteiger partial charge in [-0.15, -0.1) is 23.5 Å². The summed E-state index contributed by atoms with van der Waals surface area (Å²) in [4.78, 5) is 17.0. The molecule has 0 spiro atoms. The van der Waals surface area contributed by atoms with Gasteiger partial charge in [0.05, 0.1) is 5.69 Å². The molecule has 0 aliphatic rings. The summed E-state index contributed by atoms with van der Waals surface area (Å²) in [6.07, 6.45) is 0. The first-order chi connectivity index (χ1) is 17.4. The van der Waals surface area contributed by atoms with Crippen molar-refractivity contribution in [3.8, 4) is 0 Å². The van der Waals surface area contributed by atoms with Crippen molar-refractivity contribution in [1.82, 2.24) is 0 Å². The zero-order valence-corrected chi connectivity index (χ0v) is 22.9. The van der Waals surface area contributed by atoms with Crippen LogP contribution in [0.1, 0.15) is 44.4 Å². The zero-order chi connectivity index (χ0) is 25.5. The maximum atomic E-state index is 14.7. The van der Waals surface area contributed by atoms with Crippen LogP contribution in [0.5, 0.6) is 0 Å². The molecular formula is C32H33NOS2. The van der Waals surface area contributed by atoms with E-state index in [1.54, 1.807) is 11.8 Å². The largest absolute Gasteiger partial charge is 0.324 e. The van der Waals surface area contributed by atoms with Gasteiger partial charge in [0, 0.05) is 20.3 Å². The van der Waals surface area contributed by atoms with Crippen molar-refractivity contribution >= 4 is 35.1 Å². The summed E-state index contributed by atoms with van der Waals surface area (Å²) in [7, 11) is 0. The quantitative estimate of drug-likeness (QED) is 0.180. The third-order valence-electron chi connectivity index (χ3n) is 5.90. The molecule has 0 heterocycles. The van der Waals surface area contributed by atoms with E-state index in [9.17, 15) is 4.79 Å². The molecule has 1 amide bonds. The molecule has 0 atom stereocenters. The third kappa shape index (κ3) is 5.55. The Kier molecular flexibility index (Phi) is 8.60. The van der Waals surface area contributed by atoms with Gasteiger partial charge in [0.1, 0.15) is 5.41 Å². The van der Waals surface area contributed by atoms with Crippen molar-refractivity contribution in [3.05, 3.63) is 126 Å². The van der Waals surface area contributed by atoms with E-state index in [1.807, 2.05) is 115 Å². The van der Waals surface area contributed by atoms with E-state index in [1.165, 1.54) is 4.90 Å². The van der Waals surface area contributed by atoms with Crippen molar-refractivity contribution in [2.45, 2.75) is 53.4 Å². The van der Waals surface area contributed by atoms with E-state index in [0.717, 1.165) is 27.3 Å². The maximum absolute atomic E-state index is 14.7. The van der Waals surface area contributed by atoms with Crippen molar-refractivity contribution in [2.24, 2.45) is 0 Å². The molecule has 4 aromatic rings. The van der Waals surface area contributed by atoms with Crippen molar-refractivity contribution in [3.63, 3.8) is 0 Å². The fourth-order valence-electron chi connectivity index (χ4n) is 4.49. The summed E-state index contributed by atoms with van der Waals surface area (Å²) < 4.78 is 0. The lowest BCUT2D eigenvalue weighted by molar-refractivity contribution is -0.119. The molecule has 4 heteroatoms. The standard InChI is InChI=1S/C32H33NOS2/c1-23(2)35-29-22-14-21-28(30(29)36-24(3)4)33-31(34)32(25-15-8-5-9-16-25,26-17-10-6-11-18-26)27-19-12-7-13-20-27/h5-24H,1-4H3,(H,33,34). The minimum absolute atomic E-state index is 0.0663. The van der Waals surface area contributed by atoms with Gasteiger partial charge in [-0.05, 0) is 28.8 Å². The Hall–Kier alpha value is -2.95. The molecule has 0 saturated heterocycles. The smallest absolute Gasteiger partial charge is 0.244 e. The minimum Gasteiger partial charge on any atom is -0.324 e. The van der Waals surface area contributed by atoms with Crippen LogP contribution in [0.3, 0.4) is 0 Å². The Labute approximate surface area is 223 Å². The Bertz CT molecular complexity index is 1170. The van der Waals surface area contributed by atoms with Crippen molar-refractivity contribution in [1.29, 1.82) is 0 Å². The van der Waals surface area contributed by atoms with Crippen molar-refractivity contribution < 1.29 is 4.79 Å². The van der Waals surface area contributed by atoms with Gasteiger partial charge in [0.25, 0.3) is 0 Å². The number of benzene rings is 4. The van der Waals surface area contributed by atoms with Crippen LogP contribution < -0.4 is 5.32 Å². The van der Waals surface area contributed by atoms with Crippen LogP contribution in [-0.2, 0) is 10.2 Å². The number of thioether (sulfide) groups is 2. The van der Waals surface area contributed by atoms with E-state index in [2.05, 4.69) is 39.1 Å². The number of amides is 1. The molecule has 0 aromatic heterocycles. The molecule has 0 aliphatic carbocycles. The lowest BCUT2D eigenvalue weighted by Gasteiger charge is -2.35. The SMILES string of the molecule is CC(C)Sc1cccc(NC(=O)C(c2ccccc2)(c2ccccc2)c2ccccc2)c1SC(C)C. The number of carbonyl (C=O) groups is 1. The molecule has 0 saturated carbocycles. The van der Waals surface area contributed by atoms with Gasteiger partial charge in [-0.25, -0.2) is 0 Å². The van der Waals surface area contributed by atoms with Gasteiger partial charge in [-0.3, -0.25) is 4.79 Å². The highest BCUT2D eigenvalue weighted by Gasteiger charge is 2.44. The number of carbonyl (C=O) groups excluding carboxylic acids is 1. The summed E-state index contributed by atoms with van der Waals surface area (Å²) in [5.41, 5.74) is 2.66. The highest BCUT2D eigenvalue weighted by molar-refractivity contribution is 8.03. The minimum atomic E-state index is -1.01. The van der Waals surface area contributed by atoms with E-state index < -0.39 is 5.41 Å². The lowest BCUT2D eigenvalue weighted by Crippen LogP contribution is -2.42. The Morgan fingerprint density at radius 2 is 1.06 bits per heavy atom. The van der Waals surface area contributed by atoms with Crippen LogP contribution in [0.4, 0.5) is 5.69 Å². The molecule has 0 unspecified atom stereocenters. The van der Waals surface area contributed by atoms with Gasteiger partial charge in [0.2, 0.25) is 5.91 Å². The fraction of sp³-hybridized carbons (Fsp3) is 0.219. The predicted octanol–water partition coefficient (Wildman–Crippen LogP) is 8.66. The fourth-order valence-corrected chi connectivity index (χ4v) is 6.56. The average Bonchev–Trinajstić information content (AvgIpc) is 2.88. The van der Waals surface area contributed by atoms with E-state index in [0.29, 0.717) is 10.5 Å². The van der Waals surface area contributed by atoms with Crippen LogP contribution in [0.15, 0.2) is 119 Å². The highest BCUT2D eigenvalue weighted by Crippen LogP contribution is 2.43. The van der Waals surface area contributed by atoms with Crippen LogP contribution in [0.25, 0.3) is 0 Å². The second-order valence-electron chi connectivity index (χ2n) is 9.27. The Morgan fingerprint density at radius 3 is 1.47 bits per heavy atom. The molecule has 0 bridgehead atoms. The maximum Gasteiger partial charge on any atom is 0.244 e. The second kappa shape index (κ2) is 11.9. The molecular weight excluding hydrogens is 478 g/mol. The second-order valence-corrected chi connectivity index (χ2v) is 12.5. The van der Waals surface area contributed by atoms with Crippen LogP contribution >= 0.6 is 23.5 Å². The highest BCUT2D eigenvalue weighted by atomic mass is 32.2. The van der Waals surface area contributed by atoms with Crippen molar-refractivity contribution in [2.75, 3.05) is 5.32 Å². The molecule has 4 aromatic carbocycles. The normalized spacial score (nSPS) is 11.6. The predicted molar refractivity (Wildman–Crippen MR) is 156 cm³/mol. The van der Waals surface area contributed by atoms with Gasteiger partial charge in [-0.2, -0.15) is 0 Å². The first kappa shape index (κ1) is 26.1. The average molecular weight is 512 g/mol. The summed E-state index contributed by atoms with van der Waals surface area (Å²) in [6.45, 7) is 8.78. The number of rotatable bonds is 9. The van der Waals surface area contributed by atoms with Gasteiger partial charge >= 0.3 is 0 Å². The molecule has 2 nitrogen and oxygen atoms in total. The molecule has 0 aliphatic heterocycles. The van der Waals surface area contributed by atoms with Crippen LogP contribution in [0.2, 0.25) is 0 Å². The molecule has 0 radical (unpaired) electrons. The molecule has 0 fully saturated rings. The number of hydrogen-bond donors (Lipinski definition) is 1. The number of anilines is 1. The van der Waals surface area contributed by atoms with Crippen LogP contribution in [-0.4, -0.2) is 16.4 Å². The zero-order valence-electron chi connectivity index (χ0n) is 21.3. The summed E-state index contributed by atoms with van der Waals surface area (Å²) in [5, 5.41) is 4.22. The van der Waals surface area contributed by atoms with Gasteiger partial charge in [0.15, 0.2) is 0 Å². The molecule has 1 N–H and O–H groups in total. The number of hydrogen-bond acceptors (Lipinski definition) is 3. The summed E-state index contributed by atoms with van der Waals surface area (Å²) in [6, 6.07) is 36.5. The van der Waals surface area contributed by atoms with Gasteiger partial charge in [-0.1, -0.05) is 125 Å². The topological polar surface area (TPSA) is 29.1 Å². The molecule has 4 rings (SSSR count). The molecule has 184 valence electrons. The summed E-state index contributed by atoms with van der Waals surface area (Å²) >= 11 is 3.63. The monoisotopic (exact) mass is 511 g/mol. The van der Waals surface area contributed by atoms with Gasteiger partial charge < -0.3 is 5.32 Å². The van der Waals surface area contributed by atoms with E-state index >= 15 is 0 Å². The van der Waals surface area contributed by atoms with E-state index in [-0.39, 0.29) is 5.91 Å². The first-order valence-electron chi connectivity index (χ1n) is 12.4. The van der Waals surface area contributed by atoms with Crippen LogP contribution in [0, 0.1) is 0 Å². The first-order valence-corrected chi connectivity index (χ1v) is 14.1. The Morgan fingerprint density at radius 1 is 0.611 bits per heavy atom. The lowest BCUT2D eigenvalue weighted by atomic mass is 9.68. The molecule has 36 heavy (non-hydrogen) atoms. The van der Waals surface area contributed by atoms with E-state index in [4.69, 9.17) is 0 Å². The summed E-state index contributed by atoms with van der Waals surface area (Å²) in [5.74, 6) is -0.0663. The number of nitrogens with one attached hydrogen (secondary N) is 1. The Balaban J connectivity index is 1.92.